The van der Waals surface area contributed by atoms with Crippen molar-refractivity contribution >= 4 is 17.9 Å². The van der Waals surface area contributed by atoms with Crippen molar-refractivity contribution in [2.24, 2.45) is 5.41 Å². The number of allylic oxidation sites excluding steroid dienone is 1. The first-order valence-corrected chi connectivity index (χ1v) is 19.9. The van der Waals surface area contributed by atoms with Gasteiger partial charge in [-0.05, 0) is 63.2 Å². The summed E-state index contributed by atoms with van der Waals surface area (Å²) < 4.78 is 42.2. The second-order valence-electron chi connectivity index (χ2n) is 16.0. The first-order chi connectivity index (χ1) is 25.7. The molecule has 0 spiro atoms. The summed E-state index contributed by atoms with van der Waals surface area (Å²) in [6.45, 7) is 8.92. The van der Waals surface area contributed by atoms with Crippen LogP contribution in [0.15, 0.2) is 35.1 Å². The summed E-state index contributed by atoms with van der Waals surface area (Å²) in [6, 6.07) is 0. The lowest BCUT2D eigenvalue weighted by Gasteiger charge is -2.51. The Morgan fingerprint density at radius 3 is 2.35 bits per heavy atom. The summed E-state index contributed by atoms with van der Waals surface area (Å²) in [5.41, 5.74) is -0.0819. The van der Waals surface area contributed by atoms with E-state index in [4.69, 9.17) is 33.2 Å². The Morgan fingerprint density at radius 2 is 1.67 bits per heavy atom. The molecule has 0 saturated carbocycles. The van der Waals surface area contributed by atoms with Crippen LogP contribution in [0, 0.1) is 5.41 Å². The summed E-state index contributed by atoms with van der Waals surface area (Å²) in [6.07, 6.45) is 6.89. The average molecular weight is 765 g/mol. The topological polar surface area (TPSA) is 177 Å². The van der Waals surface area contributed by atoms with Crippen molar-refractivity contribution in [3.63, 3.8) is 0 Å². The van der Waals surface area contributed by atoms with Gasteiger partial charge in [0.25, 0.3) is 0 Å². The number of carbonyl (C=O) groups is 3. The number of esters is 3. The Bertz CT molecular complexity index is 1350. The molecular formula is C41H64O13. The van der Waals surface area contributed by atoms with Crippen LogP contribution in [0.5, 0.6) is 0 Å². The maximum absolute atomic E-state index is 13.4. The number of aliphatic hydroxyl groups is 3. The molecule has 306 valence electrons. The van der Waals surface area contributed by atoms with E-state index in [2.05, 4.69) is 6.92 Å². The van der Waals surface area contributed by atoms with Crippen molar-refractivity contribution in [2.75, 3.05) is 13.7 Å². The molecule has 0 radical (unpaired) electrons. The molecular weight excluding hydrogens is 700 g/mol. The second-order valence-corrected chi connectivity index (χ2v) is 16.0. The molecule has 3 fully saturated rings. The van der Waals surface area contributed by atoms with Gasteiger partial charge >= 0.3 is 17.9 Å². The first kappa shape index (κ1) is 43.9. The molecule has 4 aliphatic heterocycles. The lowest BCUT2D eigenvalue weighted by molar-refractivity contribution is -0.327. The van der Waals surface area contributed by atoms with Crippen LogP contribution in [-0.4, -0.2) is 102 Å². The Balaban J connectivity index is 1.74. The summed E-state index contributed by atoms with van der Waals surface area (Å²) in [5.74, 6) is -3.47. The van der Waals surface area contributed by atoms with E-state index in [1.54, 1.807) is 26.0 Å². The fourth-order valence-corrected chi connectivity index (χ4v) is 7.70. The van der Waals surface area contributed by atoms with Crippen molar-refractivity contribution in [2.45, 2.75) is 186 Å². The molecule has 13 heteroatoms. The van der Waals surface area contributed by atoms with Crippen molar-refractivity contribution < 1.29 is 62.9 Å². The molecule has 4 heterocycles. The monoisotopic (exact) mass is 764 g/mol. The molecule has 0 amide bonds. The summed E-state index contributed by atoms with van der Waals surface area (Å²) in [5, 5.41) is 33.9. The highest BCUT2D eigenvalue weighted by Gasteiger charge is 2.57. The highest BCUT2D eigenvalue weighted by molar-refractivity contribution is 5.83. The quantitative estimate of drug-likeness (QED) is 0.0868. The number of ether oxygens (including phenoxy) is 7. The van der Waals surface area contributed by atoms with Crippen LogP contribution in [0.1, 0.15) is 131 Å². The number of rotatable bonds is 9. The van der Waals surface area contributed by atoms with E-state index in [-0.39, 0.29) is 56.0 Å². The van der Waals surface area contributed by atoms with Crippen molar-refractivity contribution in [3.8, 4) is 0 Å². The summed E-state index contributed by atoms with van der Waals surface area (Å²) >= 11 is 0. The largest absolute Gasteiger partial charge is 0.466 e. The van der Waals surface area contributed by atoms with Gasteiger partial charge in [-0.25, -0.2) is 4.79 Å². The van der Waals surface area contributed by atoms with E-state index in [0.29, 0.717) is 19.3 Å². The predicted molar refractivity (Wildman–Crippen MR) is 197 cm³/mol. The van der Waals surface area contributed by atoms with Gasteiger partial charge < -0.3 is 48.5 Å². The maximum Gasteiger partial charge on any atom is 0.330 e. The molecule has 0 aromatic rings. The predicted octanol–water partition coefficient (Wildman–Crippen LogP) is 5.62. The first-order valence-electron chi connectivity index (χ1n) is 19.9. The molecule has 0 aromatic carbocycles. The Kier molecular flexibility index (Phi) is 16.6. The molecule has 0 aliphatic carbocycles. The fraction of sp³-hybridized carbons (Fsp3) is 0.780. The van der Waals surface area contributed by atoms with E-state index in [0.717, 1.165) is 56.3 Å². The third kappa shape index (κ3) is 12.3. The zero-order chi connectivity index (χ0) is 39.5. The molecule has 4 rings (SSSR count). The zero-order valence-electron chi connectivity index (χ0n) is 33.1. The van der Waals surface area contributed by atoms with Gasteiger partial charge in [0, 0.05) is 43.6 Å². The van der Waals surface area contributed by atoms with Gasteiger partial charge in [-0.2, -0.15) is 0 Å². The Hall–Kier alpha value is -2.81. The van der Waals surface area contributed by atoms with Gasteiger partial charge in [-0.15, -0.1) is 0 Å². The lowest BCUT2D eigenvalue weighted by atomic mass is 9.74. The van der Waals surface area contributed by atoms with Crippen LogP contribution in [0.3, 0.4) is 0 Å². The molecule has 6 bridgehead atoms. The molecule has 0 aromatic heterocycles. The number of hydrogen-bond acceptors (Lipinski definition) is 13. The van der Waals surface area contributed by atoms with Crippen molar-refractivity contribution in [1.82, 2.24) is 0 Å². The average Bonchev–Trinajstić information content (AvgIpc) is 3.11. The number of methoxy groups -OCH3 is 1. The normalized spacial score (nSPS) is 34.9. The van der Waals surface area contributed by atoms with Crippen LogP contribution >= 0.6 is 0 Å². The number of fused-ring (bicyclic) bond motifs is 6. The molecule has 9 atom stereocenters. The highest BCUT2D eigenvalue weighted by atomic mass is 16.7. The second kappa shape index (κ2) is 20.4. The third-order valence-electron chi connectivity index (χ3n) is 10.8. The number of carbonyl (C=O) groups excluding carboxylic acids is 3. The van der Waals surface area contributed by atoms with E-state index >= 15 is 0 Å². The van der Waals surface area contributed by atoms with Gasteiger partial charge in [0.15, 0.2) is 6.10 Å². The van der Waals surface area contributed by atoms with Gasteiger partial charge in [0.1, 0.15) is 11.9 Å². The molecule has 3 saturated heterocycles. The van der Waals surface area contributed by atoms with E-state index < -0.39 is 66.4 Å². The van der Waals surface area contributed by atoms with Crippen LogP contribution in [-0.2, 0) is 47.5 Å². The van der Waals surface area contributed by atoms with Crippen LogP contribution in [0.25, 0.3) is 0 Å². The standard InChI is InChI=1S/C41H64O13/c1-7-8-9-10-11-15-35(44)53-39-27(19-36(45)48-6)18-32-23-33(25-42)50-37(46)21-28(43)20-29-13-12-14-30(49-29)22-31-24-34(26(2)3)52-38(51-31)16-17-40(4,5)41(39,47)54-32/h16-17,19,28-33,38-39,42-43,47H,7-15,18,20-25H2,1-6H3/b17-16+,27-19+/t28-,29+,30-,31-,32+,33-,38-,39+,41-/m1/s1. The maximum atomic E-state index is 13.4. The number of cyclic esters (lactones) is 1. The van der Waals surface area contributed by atoms with E-state index in [1.807, 2.05) is 13.8 Å². The van der Waals surface area contributed by atoms with Gasteiger partial charge in [0.05, 0.1) is 50.7 Å². The summed E-state index contributed by atoms with van der Waals surface area (Å²) in [7, 11) is 1.22. The SMILES string of the molecule is CCCCCCCC(=O)O[C@H]1/C(=C/C(=O)OC)C[C@H]2C[C@H](CO)OC(=O)C[C@H](O)C[C@@H]3CCC[C@H](C[C@@H]4CC(=C(C)C)O[C@H](/C=C/C(C)(C)[C@]1(O)O2)O4)O3. The van der Waals surface area contributed by atoms with Gasteiger partial charge in [0.2, 0.25) is 12.1 Å². The Morgan fingerprint density at radius 1 is 0.944 bits per heavy atom. The highest BCUT2D eigenvalue weighted by Crippen LogP contribution is 2.47. The minimum Gasteiger partial charge on any atom is -0.466 e. The molecule has 54 heavy (non-hydrogen) atoms. The molecule has 3 N–H and O–H groups in total. The summed E-state index contributed by atoms with van der Waals surface area (Å²) in [4.78, 5) is 39.1. The molecule has 0 unspecified atom stereocenters. The third-order valence-corrected chi connectivity index (χ3v) is 10.8. The van der Waals surface area contributed by atoms with E-state index in [1.165, 1.54) is 13.2 Å². The van der Waals surface area contributed by atoms with Crippen LogP contribution in [0.2, 0.25) is 0 Å². The van der Waals surface area contributed by atoms with Crippen LogP contribution in [0.4, 0.5) is 0 Å². The minimum atomic E-state index is -2.27. The number of hydrogen-bond donors (Lipinski definition) is 3. The Labute approximate surface area is 320 Å². The zero-order valence-corrected chi connectivity index (χ0v) is 33.1. The van der Waals surface area contributed by atoms with Crippen molar-refractivity contribution in [1.29, 1.82) is 0 Å². The van der Waals surface area contributed by atoms with Crippen LogP contribution < -0.4 is 0 Å². The smallest absolute Gasteiger partial charge is 0.330 e. The molecule has 13 nitrogen and oxygen atoms in total. The molecule has 4 aliphatic rings. The minimum absolute atomic E-state index is 0.0109. The van der Waals surface area contributed by atoms with Gasteiger partial charge in [-0.3, -0.25) is 9.59 Å². The lowest BCUT2D eigenvalue weighted by Crippen LogP contribution is -2.62. The number of unbranched alkanes of at least 4 members (excludes halogenated alkanes) is 4. The fourth-order valence-electron chi connectivity index (χ4n) is 7.70. The number of aliphatic hydroxyl groups excluding tert-OH is 2. The van der Waals surface area contributed by atoms with Gasteiger partial charge in [-0.1, -0.05) is 52.5 Å². The van der Waals surface area contributed by atoms with E-state index in [9.17, 15) is 29.7 Å². The van der Waals surface area contributed by atoms with Crippen molar-refractivity contribution in [3.05, 3.63) is 35.1 Å².